The molecular formula is C22H19ClN4O2S. The molecule has 0 unspecified atom stereocenters. The van der Waals surface area contributed by atoms with Crippen LogP contribution in [0.25, 0.3) is 11.0 Å². The number of nitrogens with one attached hydrogen (secondary N) is 1. The Kier molecular flexibility index (Phi) is 4.84. The highest BCUT2D eigenvalue weighted by Crippen LogP contribution is 2.33. The first-order chi connectivity index (χ1) is 14.6. The molecule has 1 aliphatic heterocycles. The average Bonchev–Trinajstić information content (AvgIpc) is 3.42. The maximum atomic E-state index is 12.4. The van der Waals surface area contributed by atoms with Gasteiger partial charge < -0.3 is 19.5 Å². The van der Waals surface area contributed by atoms with Crippen LogP contribution in [-0.2, 0) is 13.1 Å². The molecule has 2 aromatic heterocycles. The standard InChI is InChI=1S/C22H19ClN4O2S/c1-29-18-12-14(7-8-16(18)25-22(28)19-6-3-11-30-19)26-9-10-27-20(13-26)24-17-5-2-4-15(23)21(17)27/h2-8,11-12H,9-10,13H2,1H3,(H,25,28). The molecule has 4 aromatic rings. The number of amides is 1. The van der Waals surface area contributed by atoms with Crippen LogP contribution < -0.4 is 15.0 Å². The van der Waals surface area contributed by atoms with E-state index in [0.29, 0.717) is 22.9 Å². The molecule has 5 rings (SSSR count). The van der Waals surface area contributed by atoms with E-state index < -0.39 is 0 Å². The van der Waals surface area contributed by atoms with E-state index >= 15 is 0 Å². The molecule has 3 heterocycles. The van der Waals surface area contributed by atoms with Crippen LogP contribution in [0.1, 0.15) is 15.5 Å². The molecule has 0 saturated heterocycles. The van der Waals surface area contributed by atoms with Crippen molar-refractivity contribution in [2.45, 2.75) is 13.1 Å². The lowest BCUT2D eigenvalue weighted by Crippen LogP contribution is -2.33. The second-order valence-corrected chi connectivity index (χ2v) is 8.38. The van der Waals surface area contributed by atoms with Crippen LogP contribution in [0.3, 0.4) is 0 Å². The molecule has 0 atom stereocenters. The van der Waals surface area contributed by atoms with E-state index in [1.807, 2.05) is 47.8 Å². The van der Waals surface area contributed by atoms with Crippen LogP contribution in [0.5, 0.6) is 5.75 Å². The number of halogens is 1. The largest absolute Gasteiger partial charge is 0.494 e. The Bertz CT molecular complexity index is 1240. The van der Waals surface area contributed by atoms with Crippen molar-refractivity contribution in [2.24, 2.45) is 0 Å². The Balaban J connectivity index is 1.40. The van der Waals surface area contributed by atoms with Crippen molar-refractivity contribution in [3.8, 4) is 5.75 Å². The maximum Gasteiger partial charge on any atom is 0.265 e. The van der Waals surface area contributed by atoms with Crippen LogP contribution >= 0.6 is 22.9 Å². The van der Waals surface area contributed by atoms with Gasteiger partial charge in [0.05, 0.1) is 40.3 Å². The first-order valence-electron chi connectivity index (χ1n) is 9.55. The minimum absolute atomic E-state index is 0.139. The number of hydrogen-bond donors (Lipinski definition) is 1. The molecular weight excluding hydrogens is 420 g/mol. The molecule has 1 amide bonds. The number of ether oxygens (including phenoxy) is 1. The zero-order chi connectivity index (χ0) is 20.7. The molecule has 8 heteroatoms. The fourth-order valence-corrected chi connectivity index (χ4v) is 4.70. The number of para-hydroxylation sites is 1. The third-order valence-electron chi connectivity index (χ3n) is 5.27. The number of benzene rings is 2. The molecule has 0 aliphatic carbocycles. The van der Waals surface area contributed by atoms with Gasteiger partial charge in [0.1, 0.15) is 11.6 Å². The van der Waals surface area contributed by atoms with Gasteiger partial charge in [0, 0.05) is 24.8 Å². The molecule has 0 spiro atoms. The number of imidazole rings is 1. The van der Waals surface area contributed by atoms with Gasteiger partial charge in [-0.15, -0.1) is 11.3 Å². The summed E-state index contributed by atoms with van der Waals surface area (Å²) in [6, 6.07) is 15.3. The molecule has 6 nitrogen and oxygen atoms in total. The summed E-state index contributed by atoms with van der Waals surface area (Å²) in [7, 11) is 1.61. The summed E-state index contributed by atoms with van der Waals surface area (Å²) in [6.45, 7) is 2.30. The molecule has 0 saturated carbocycles. The van der Waals surface area contributed by atoms with E-state index in [-0.39, 0.29) is 5.91 Å². The first-order valence-corrected chi connectivity index (χ1v) is 10.8. The van der Waals surface area contributed by atoms with E-state index in [2.05, 4.69) is 14.8 Å². The van der Waals surface area contributed by atoms with Crippen molar-refractivity contribution in [2.75, 3.05) is 23.9 Å². The van der Waals surface area contributed by atoms with Crippen LogP contribution in [0.4, 0.5) is 11.4 Å². The summed E-state index contributed by atoms with van der Waals surface area (Å²) in [5.41, 5.74) is 3.59. The zero-order valence-electron chi connectivity index (χ0n) is 16.3. The lowest BCUT2D eigenvalue weighted by Gasteiger charge is -2.30. The van der Waals surface area contributed by atoms with Gasteiger partial charge in [-0.1, -0.05) is 23.7 Å². The second-order valence-electron chi connectivity index (χ2n) is 7.02. The third-order valence-corrected chi connectivity index (χ3v) is 6.44. The van der Waals surface area contributed by atoms with E-state index in [9.17, 15) is 4.79 Å². The Morgan fingerprint density at radius 2 is 2.10 bits per heavy atom. The predicted octanol–water partition coefficient (Wildman–Crippen LogP) is 5.03. The number of hydrogen-bond acceptors (Lipinski definition) is 5. The fraction of sp³-hybridized carbons (Fsp3) is 0.182. The average molecular weight is 439 g/mol. The Morgan fingerprint density at radius 3 is 2.90 bits per heavy atom. The maximum absolute atomic E-state index is 12.4. The van der Waals surface area contributed by atoms with Crippen molar-refractivity contribution < 1.29 is 9.53 Å². The highest BCUT2D eigenvalue weighted by molar-refractivity contribution is 7.12. The number of methoxy groups -OCH3 is 1. The number of anilines is 2. The number of carbonyl (C=O) groups is 1. The summed E-state index contributed by atoms with van der Waals surface area (Å²) in [5, 5.41) is 5.54. The third kappa shape index (κ3) is 3.30. The molecule has 0 radical (unpaired) electrons. The van der Waals surface area contributed by atoms with E-state index in [0.717, 1.165) is 40.7 Å². The second kappa shape index (κ2) is 7.66. The van der Waals surface area contributed by atoms with Gasteiger partial charge in [-0.25, -0.2) is 4.98 Å². The molecule has 1 N–H and O–H groups in total. The van der Waals surface area contributed by atoms with Gasteiger partial charge in [0.2, 0.25) is 0 Å². The lowest BCUT2D eigenvalue weighted by molar-refractivity contribution is 0.103. The Morgan fingerprint density at radius 1 is 1.20 bits per heavy atom. The van der Waals surface area contributed by atoms with Gasteiger partial charge in [-0.3, -0.25) is 4.79 Å². The van der Waals surface area contributed by atoms with Crippen LogP contribution in [0.2, 0.25) is 5.02 Å². The normalized spacial score (nSPS) is 13.3. The van der Waals surface area contributed by atoms with Gasteiger partial charge in [-0.2, -0.15) is 0 Å². The fourth-order valence-electron chi connectivity index (χ4n) is 3.81. The van der Waals surface area contributed by atoms with Crippen molar-refractivity contribution in [3.63, 3.8) is 0 Å². The number of nitrogens with zero attached hydrogens (tertiary/aromatic N) is 3. The monoisotopic (exact) mass is 438 g/mol. The predicted molar refractivity (Wildman–Crippen MR) is 121 cm³/mol. The summed E-state index contributed by atoms with van der Waals surface area (Å²) in [6.07, 6.45) is 0. The zero-order valence-corrected chi connectivity index (χ0v) is 17.8. The van der Waals surface area contributed by atoms with Gasteiger partial charge in [-0.05, 0) is 35.7 Å². The summed E-state index contributed by atoms with van der Waals surface area (Å²) >= 11 is 7.81. The van der Waals surface area contributed by atoms with Crippen molar-refractivity contribution in [3.05, 3.63) is 69.6 Å². The molecule has 0 fully saturated rings. The van der Waals surface area contributed by atoms with Crippen LogP contribution in [0.15, 0.2) is 53.9 Å². The van der Waals surface area contributed by atoms with E-state index in [1.165, 1.54) is 11.3 Å². The lowest BCUT2D eigenvalue weighted by atomic mass is 10.2. The Labute approximate surface area is 182 Å². The smallest absolute Gasteiger partial charge is 0.265 e. The quantitative estimate of drug-likeness (QED) is 0.485. The molecule has 1 aliphatic rings. The van der Waals surface area contributed by atoms with Crippen LogP contribution in [0, 0.1) is 0 Å². The molecule has 2 aromatic carbocycles. The SMILES string of the molecule is COc1cc(N2CCn3c(nc4cccc(Cl)c43)C2)ccc1NC(=O)c1cccs1. The number of rotatable bonds is 4. The van der Waals surface area contributed by atoms with Crippen molar-refractivity contribution in [1.29, 1.82) is 0 Å². The Hall–Kier alpha value is -3.03. The summed E-state index contributed by atoms with van der Waals surface area (Å²) in [4.78, 5) is 20.1. The van der Waals surface area contributed by atoms with Gasteiger partial charge in [0.25, 0.3) is 5.91 Å². The summed E-state index contributed by atoms with van der Waals surface area (Å²) < 4.78 is 7.75. The van der Waals surface area contributed by atoms with E-state index in [4.69, 9.17) is 21.3 Å². The first kappa shape index (κ1) is 19.0. The van der Waals surface area contributed by atoms with E-state index in [1.54, 1.807) is 13.2 Å². The molecule has 152 valence electrons. The van der Waals surface area contributed by atoms with Gasteiger partial charge >= 0.3 is 0 Å². The van der Waals surface area contributed by atoms with Gasteiger partial charge in [0.15, 0.2) is 0 Å². The van der Waals surface area contributed by atoms with Crippen LogP contribution in [-0.4, -0.2) is 29.1 Å². The number of aromatic nitrogens is 2. The highest BCUT2D eigenvalue weighted by Gasteiger charge is 2.22. The topological polar surface area (TPSA) is 59.4 Å². The van der Waals surface area contributed by atoms with Crippen molar-refractivity contribution >= 4 is 51.3 Å². The van der Waals surface area contributed by atoms with Crippen molar-refractivity contribution in [1.82, 2.24) is 9.55 Å². The highest BCUT2D eigenvalue weighted by atomic mass is 35.5. The number of carbonyl (C=O) groups excluding carboxylic acids is 1. The number of thiophene rings is 1. The molecule has 30 heavy (non-hydrogen) atoms. The minimum Gasteiger partial charge on any atom is -0.494 e. The minimum atomic E-state index is -0.139. The number of fused-ring (bicyclic) bond motifs is 3. The molecule has 0 bridgehead atoms. The summed E-state index contributed by atoms with van der Waals surface area (Å²) in [5.74, 6) is 1.47.